The zero-order valence-electron chi connectivity index (χ0n) is 12.0. The van der Waals surface area contributed by atoms with Crippen LogP contribution >= 0.6 is 0 Å². The van der Waals surface area contributed by atoms with Crippen LogP contribution in [0.2, 0.25) is 0 Å². The number of aromatic nitrogens is 2. The minimum Gasteiger partial charge on any atom is -0.306 e. The lowest BCUT2D eigenvalue weighted by molar-refractivity contribution is 0.0983. The van der Waals surface area contributed by atoms with Gasteiger partial charge in [-0.1, -0.05) is 36.4 Å². The van der Waals surface area contributed by atoms with E-state index < -0.39 is 0 Å². The molecule has 22 heavy (non-hydrogen) atoms. The van der Waals surface area contributed by atoms with Crippen molar-refractivity contribution < 1.29 is 4.79 Å². The molecule has 1 aliphatic rings. The molecule has 4 nitrogen and oxygen atoms in total. The Morgan fingerprint density at radius 2 is 1.77 bits per heavy atom. The summed E-state index contributed by atoms with van der Waals surface area (Å²) < 4.78 is 1.84. The lowest BCUT2D eigenvalue weighted by Crippen LogP contribution is -2.30. The third kappa shape index (κ3) is 2.00. The van der Waals surface area contributed by atoms with E-state index in [2.05, 4.69) is 11.1 Å². The summed E-state index contributed by atoms with van der Waals surface area (Å²) in [6.45, 7) is 0.720. The van der Waals surface area contributed by atoms with E-state index in [1.165, 1.54) is 5.56 Å². The van der Waals surface area contributed by atoms with Crippen LogP contribution in [-0.4, -0.2) is 22.0 Å². The van der Waals surface area contributed by atoms with Gasteiger partial charge in [0.25, 0.3) is 5.91 Å². The molecule has 0 aliphatic carbocycles. The van der Waals surface area contributed by atoms with Gasteiger partial charge >= 0.3 is 0 Å². The average molecular weight is 289 g/mol. The summed E-state index contributed by atoms with van der Waals surface area (Å²) in [6.07, 6.45) is 4.22. The molecule has 0 spiro atoms. The maximum absolute atomic E-state index is 12.9. The fourth-order valence-electron chi connectivity index (χ4n) is 2.94. The van der Waals surface area contributed by atoms with Gasteiger partial charge in [-0.05, 0) is 30.2 Å². The molecule has 1 aromatic heterocycles. The number of imidazole rings is 1. The smallest absolute Gasteiger partial charge is 0.276 e. The highest BCUT2D eigenvalue weighted by Gasteiger charge is 2.27. The molecule has 3 aromatic rings. The monoisotopic (exact) mass is 289 g/mol. The standard InChI is InChI=1S/C18H15N3O/c22-18(20-11-10-14-6-4-5-9-16(14)20)17-12-19-13-21(17)15-7-2-1-3-8-15/h1-9,12-13H,10-11H2. The molecule has 0 N–H and O–H groups in total. The number of carbonyl (C=O) groups excluding carboxylic acids is 1. The Balaban J connectivity index is 1.73. The van der Waals surface area contributed by atoms with Gasteiger partial charge in [0.1, 0.15) is 5.69 Å². The number of nitrogens with zero attached hydrogens (tertiary/aromatic N) is 3. The van der Waals surface area contributed by atoms with Crippen molar-refractivity contribution >= 4 is 11.6 Å². The third-order valence-corrected chi connectivity index (χ3v) is 4.02. The normalized spacial score (nSPS) is 13.2. The molecular formula is C18H15N3O. The summed E-state index contributed by atoms with van der Waals surface area (Å²) in [6, 6.07) is 17.9. The summed E-state index contributed by atoms with van der Waals surface area (Å²) in [7, 11) is 0. The van der Waals surface area contributed by atoms with Gasteiger partial charge in [0, 0.05) is 17.9 Å². The molecule has 0 saturated heterocycles. The Kier molecular flexibility index (Phi) is 3.00. The van der Waals surface area contributed by atoms with E-state index in [0.29, 0.717) is 5.69 Å². The maximum atomic E-state index is 12.9. The van der Waals surface area contributed by atoms with Crippen LogP contribution in [0.1, 0.15) is 16.1 Å². The first kappa shape index (κ1) is 12.8. The fraction of sp³-hybridized carbons (Fsp3) is 0.111. The van der Waals surface area contributed by atoms with Crippen molar-refractivity contribution in [3.8, 4) is 5.69 Å². The Labute approximate surface area is 128 Å². The molecule has 4 rings (SSSR count). The molecule has 0 radical (unpaired) electrons. The van der Waals surface area contributed by atoms with Crippen molar-refractivity contribution in [3.05, 3.63) is 78.4 Å². The highest BCUT2D eigenvalue weighted by atomic mass is 16.2. The molecule has 1 aliphatic heterocycles. The predicted molar refractivity (Wildman–Crippen MR) is 85.4 cm³/mol. The molecule has 1 amide bonds. The minimum absolute atomic E-state index is 0.00805. The van der Waals surface area contributed by atoms with E-state index >= 15 is 0 Å². The second-order valence-electron chi connectivity index (χ2n) is 5.32. The maximum Gasteiger partial charge on any atom is 0.276 e. The molecular weight excluding hydrogens is 274 g/mol. The van der Waals surface area contributed by atoms with Crippen molar-refractivity contribution in [1.29, 1.82) is 0 Å². The number of fused-ring (bicyclic) bond motifs is 1. The van der Waals surface area contributed by atoms with E-state index in [9.17, 15) is 4.79 Å². The van der Waals surface area contributed by atoms with Crippen molar-refractivity contribution in [2.45, 2.75) is 6.42 Å². The first-order valence-corrected chi connectivity index (χ1v) is 7.32. The minimum atomic E-state index is -0.00805. The van der Waals surface area contributed by atoms with Gasteiger partial charge in [0.2, 0.25) is 0 Å². The average Bonchev–Trinajstić information content (AvgIpc) is 3.22. The van der Waals surface area contributed by atoms with Crippen LogP contribution in [0.4, 0.5) is 5.69 Å². The van der Waals surface area contributed by atoms with Gasteiger partial charge in [0.15, 0.2) is 0 Å². The van der Waals surface area contributed by atoms with E-state index in [1.54, 1.807) is 12.5 Å². The first-order valence-electron chi connectivity index (χ1n) is 7.32. The van der Waals surface area contributed by atoms with Gasteiger partial charge in [0.05, 0.1) is 12.5 Å². The highest BCUT2D eigenvalue weighted by Crippen LogP contribution is 2.29. The Morgan fingerprint density at radius 1 is 1.00 bits per heavy atom. The SMILES string of the molecule is O=C(c1cncn1-c1ccccc1)N1CCc2ccccc21. The number of hydrogen-bond acceptors (Lipinski definition) is 2. The van der Waals surface area contributed by atoms with Gasteiger partial charge in [-0.2, -0.15) is 0 Å². The number of rotatable bonds is 2. The first-order chi connectivity index (χ1) is 10.8. The number of anilines is 1. The van der Waals surface area contributed by atoms with Crippen molar-refractivity contribution in [1.82, 2.24) is 9.55 Å². The summed E-state index contributed by atoms with van der Waals surface area (Å²) in [5.41, 5.74) is 3.76. The molecule has 0 saturated carbocycles. The number of hydrogen-bond donors (Lipinski definition) is 0. The van der Waals surface area contributed by atoms with Crippen LogP contribution in [-0.2, 0) is 6.42 Å². The van der Waals surface area contributed by atoms with Crippen LogP contribution in [0.15, 0.2) is 67.1 Å². The van der Waals surface area contributed by atoms with Gasteiger partial charge in [-0.15, -0.1) is 0 Å². The van der Waals surface area contributed by atoms with E-state index in [0.717, 1.165) is 24.3 Å². The van der Waals surface area contributed by atoms with Gasteiger partial charge < -0.3 is 4.90 Å². The number of carbonyl (C=O) groups is 1. The van der Waals surface area contributed by atoms with Crippen LogP contribution in [0.25, 0.3) is 5.69 Å². The summed E-state index contributed by atoms with van der Waals surface area (Å²) in [5.74, 6) is -0.00805. The van der Waals surface area contributed by atoms with Gasteiger partial charge in [-0.25, -0.2) is 4.98 Å². The molecule has 0 atom stereocenters. The van der Waals surface area contributed by atoms with Crippen LogP contribution in [0, 0.1) is 0 Å². The number of benzene rings is 2. The molecule has 2 heterocycles. The number of para-hydroxylation sites is 2. The summed E-state index contributed by atoms with van der Waals surface area (Å²) >= 11 is 0. The second-order valence-corrected chi connectivity index (χ2v) is 5.32. The molecule has 0 bridgehead atoms. The zero-order valence-corrected chi connectivity index (χ0v) is 12.0. The Bertz CT molecular complexity index is 823. The van der Waals surface area contributed by atoms with E-state index in [4.69, 9.17) is 0 Å². The van der Waals surface area contributed by atoms with Crippen LogP contribution in [0.3, 0.4) is 0 Å². The Hall–Kier alpha value is -2.88. The van der Waals surface area contributed by atoms with Crippen LogP contribution < -0.4 is 4.90 Å². The van der Waals surface area contributed by atoms with Crippen molar-refractivity contribution in [2.24, 2.45) is 0 Å². The molecule has 4 heteroatoms. The molecule has 2 aromatic carbocycles. The summed E-state index contributed by atoms with van der Waals surface area (Å²) in [5, 5.41) is 0. The highest BCUT2D eigenvalue weighted by molar-refractivity contribution is 6.06. The van der Waals surface area contributed by atoms with E-state index in [1.807, 2.05) is 58.0 Å². The zero-order chi connectivity index (χ0) is 14.9. The molecule has 108 valence electrons. The lowest BCUT2D eigenvalue weighted by atomic mass is 10.2. The fourth-order valence-corrected chi connectivity index (χ4v) is 2.94. The van der Waals surface area contributed by atoms with E-state index in [-0.39, 0.29) is 5.91 Å². The number of amides is 1. The lowest BCUT2D eigenvalue weighted by Gasteiger charge is -2.18. The Morgan fingerprint density at radius 3 is 2.64 bits per heavy atom. The van der Waals surface area contributed by atoms with Gasteiger partial charge in [-0.3, -0.25) is 9.36 Å². The third-order valence-electron chi connectivity index (χ3n) is 4.02. The predicted octanol–water partition coefficient (Wildman–Crippen LogP) is 3.08. The largest absolute Gasteiger partial charge is 0.306 e. The topological polar surface area (TPSA) is 38.1 Å². The summed E-state index contributed by atoms with van der Waals surface area (Å²) in [4.78, 5) is 18.9. The van der Waals surface area contributed by atoms with Crippen molar-refractivity contribution in [2.75, 3.05) is 11.4 Å². The second kappa shape index (κ2) is 5.15. The quantitative estimate of drug-likeness (QED) is 0.727. The molecule has 0 fully saturated rings. The molecule has 0 unspecified atom stereocenters. The van der Waals surface area contributed by atoms with Crippen molar-refractivity contribution in [3.63, 3.8) is 0 Å². The van der Waals surface area contributed by atoms with Crippen LogP contribution in [0.5, 0.6) is 0 Å².